The van der Waals surface area contributed by atoms with Crippen LogP contribution in [0.1, 0.15) is 17.3 Å². The molecule has 0 fully saturated rings. The van der Waals surface area contributed by atoms with Crippen LogP contribution in [0.5, 0.6) is 0 Å². The lowest BCUT2D eigenvalue weighted by Gasteiger charge is -2.27. The quantitative estimate of drug-likeness (QED) is 0.227. The molecule has 9 nitrogen and oxygen atoms in total. The molecule has 1 aromatic carbocycles. The van der Waals surface area contributed by atoms with Gasteiger partial charge in [-0.05, 0) is 23.7 Å². The highest BCUT2D eigenvalue weighted by Crippen LogP contribution is 2.35. The van der Waals surface area contributed by atoms with Gasteiger partial charge in [-0.15, -0.1) is 0 Å². The first kappa shape index (κ1) is 21.3. The summed E-state index contributed by atoms with van der Waals surface area (Å²) in [5.41, 5.74) is 10.4. The van der Waals surface area contributed by atoms with Gasteiger partial charge in [-0.2, -0.15) is 0 Å². The van der Waals surface area contributed by atoms with Crippen LogP contribution in [0.15, 0.2) is 70.0 Å². The normalized spacial score (nSPS) is 15.7. The van der Waals surface area contributed by atoms with E-state index in [0.717, 1.165) is 0 Å². The van der Waals surface area contributed by atoms with Crippen molar-refractivity contribution in [1.82, 2.24) is 10.3 Å². The van der Waals surface area contributed by atoms with Crippen LogP contribution in [0.2, 0.25) is 5.02 Å². The van der Waals surface area contributed by atoms with E-state index in [0.29, 0.717) is 27.8 Å². The van der Waals surface area contributed by atoms with Crippen LogP contribution in [0.25, 0.3) is 10.4 Å². The number of pyridine rings is 1. The van der Waals surface area contributed by atoms with Gasteiger partial charge in [-0.3, -0.25) is 9.98 Å². The Morgan fingerprint density at radius 3 is 2.80 bits per heavy atom. The van der Waals surface area contributed by atoms with Gasteiger partial charge in [0, 0.05) is 28.2 Å². The monoisotopic (exact) mass is 426 g/mol. The minimum atomic E-state index is -0.708. The number of ether oxygens (including phenoxy) is 2. The van der Waals surface area contributed by atoms with Gasteiger partial charge in [-0.25, -0.2) is 4.79 Å². The number of rotatable bonds is 8. The van der Waals surface area contributed by atoms with Gasteiger partial charge >= 0.3 is 5.97 Å². The molecule has 0 aliphatic carbocycles. The first-order chi connectivity index (χ1) is 14.7. The smallest absolute Gasteiger partial charge is 0.338 e. The Labute approximate surface area is 178 Å². The number of esters is 1. The Hall–Kier alpha value is -3.39. The lowest BCUT2D eigenvalue weighted by atomic mass is 9.95. The summed E-state index contributed by atoms with van der Waals surface area (Å²) in [5, 5.41) is 7.05. The molecule has 154 valence electrons. The van der Waals surface area contributed by atoms with Gasteiger partial charge in [0.05, 0.1) is 31.6 Å². The number of azide groups is 1. The van der Waals surface area contributed by atoms with E-state index in [1.54, 1.807) is 36.5 Å². The van der Waals surface area contributed by atoms with Crippen LogP contribution < -0.4 is 5.32 Å². The van der Waals surface area contributed by atoms with Gasteiger partial charge in [-0.1, -0.05) is 41.0 Å². The standard InChI is InChI=1S/C20H19ClN6O3/c1-29-20(28)17-16(12-30-11-10-24-27-22)25-19(15-8-4-5-9-23-15)26-18(17)13-6-2-3-7-14(13)21/h2-9,18H,10-12H2,1H3,(H,25,26). The van der Waals surface area contributed by atoms with Crippen LogP contribution in [0, 0.1) is 0 Å². The average molecular weight is 427 g/mol. The van der Waals surface area contributed by atoms with Crippen molar-refractivity contribution in [1.29, 1.82) is 0 Å². The molecule has 0 amide bonds. The number of methoxy groups -OCH3 is 1. The van der Waals surface area contributed by atoms with E-state index >= 15 is 0 Å². The summed E-state index contributed by atoms with van der Waals surface area (Å²) < 4.78 is 10.6. The van der Waals surface area contributed by atoms with Gasteiger partial charge in [0.2, 0.25) is 0 Å². The molecule has 0 saturated carbocycles. The number of hydrogen-bond donors (Lipinski definition) is 1. The second kappa shape index (κ2) is 10.4. The highest BCUT2D eigenvalue weighted by atomic mass is 35.5. The molecular formula is C20H19ClN6O3. The van der Waals surface area contributed by atoms with Crippen molar-refractivity contribution in [3.8, 4) is 0 Å². The van der Waals surface area contributed by atoms with Crippen LogP contribution >= 0.6 is 11.6 Å². The van der Waals surface area contributed by atoms with Crippen LogP contribution in [0.3, 0.4) is 0 Å². The zero-order valence-electron chi connectivity index (χ0n) is 16.2. The Kier molecular flexibility index (Phi) is 7.40. The molecular weight excluding hydrogens is 408 g/mol. The highest BCUT2D eigenvalue weighted by Gasteiger charge is 2.33. The van der Waals surface area contributed by atoms with Gasteiger partial charge < -0.3 is 14.8 Å². The van der Waals surface area contributed by atoms with Gasteiger partial charge in [0.15, 0.2) is 5.84 Å². The lowest BCUT2D eigenvalue weighted by molar-refractivity contribution is -0.136. The van der Waals surface area contributed by atoms with Crippen molar-refractivity contribution in [2.45, 2.75) is 6.04 Å². The van der Waals surface area contributed by atoms with Gasteiger partial charge in [0.1, 0.15) is 11.7 Å². The molecule has 2 aromatic rings. The maximum Gasteiger partial charge on any atom is 0.338 e. The third kappa shape index (κ3) is 4.96. The van der Waals surface area contributed by atoms with Crippen molar-refractivity contribution in [2.24, 2.45) is 10.1 Å². The van der Waals surface area contributed by atoms with E-state index in [9.17, 15) is 4.79 Å². The van der Waals surface area contributed by atoms with Crippen LogP contribution in [-0.4, -0.2) is 43.7 Å². The minimum Gasteiger partial charge on any atom is -0.466 e. The fourth-order valence-corrected chi connectivity index (χ4v) is 3.18. The first-order valence-corrected chi connectivity index (χ1v) is 9.44. The second-order valence-corrected chi connectivity index (χ2v) is 6.54. The topological polar surface area (TPSA) is 122 Å². The Morgan fingerprint density at radius 2 is 2.10 bits per heavy atom. The molecule has 0 saturated heterocycles. The molecule has 1 aliphatic heterocycles. The number of benzene rings is 1. The largest absolute Gasteiger partial charge is 0.466 e. The summed E-state index contributed by atoms with van der Waals surface area (Å²) in [6.45, 7) is 0.418. The number of nitrogens with one attached hydrogen (secondary N) is 1. The summed E-state index contributed by atoms with van der Waals surface area (Å²) in [5.74, 6) is -0.0771. The maximum absolute atomic E-state index is 12.7. The summed E-state index contributed by atoms with van der Waals surface area (Å²) in [6, 6.07) is 11.9. The van der Waals surface area contributed by atoms with E-state index in [1.807, 2.05) is 12.1 Å². The average Bonchev–Trinajstić information content (AvgIpc) is 2.79. The number of carbonyl (C=O) groups excluding carboxylic acids is 1. The van der Waals surface area contributed by atoms with E-state index < -0.39 is 12.0 Å². The maximum atomic E-state index is 12.7. The van der Waals surface area contributed by atoms with Crippen LogP contribution in [0.4, 0.5) is 0 Å². The third-order valence-electron chi connectivity index (χ3n) is 4.28. The third-order valence-corrected chi connectivity index (χ3v) is 4.63. The number of hydrogen-bond acceptors (Lipinski definition) is 7. The number of amidine groups is 1. The molecule has 2 heterocycles. The van der Waals surface area contributed by atoms with Crippen molar-refractivity contribution in [2.75, 3.05) is 26.9 Å². The highest BCUT2D eigenvalue weighted by molar-refractivity contribution is 6.31. The summed E-state index contributed by atoms with van der Waals surface area (Å²) >= 11 is 6.42. The zero-order chi connectivity index (χ0) is 21.3. The molecule has 0 bridgehead atoms. The molecule has 30 heavy (non-hydrogen) atoms. The fraction of sp³-hybridized carbons (Fsp3) is 0.250. The van der Waals surface area contributed by atoms with Crippen molar-refractivity contribution in [3.63, 3.8) is 0 Å². The molecule has 1 aromatic heterocycles. The van der Waals surface area contributed by atoms with Crippen molar-refractivity contribution < 1.29 is 14.3 Å². The van der Waals surface area contributed by atoms with E-state index in [4.69, 9.17) is 31.6 Å². The number of aliphatic imine (C=N–C) groups is 1. The zero-order valence-corrected chi connectivity index (χ0v) is 16.9. The number of aromatic nitrogens is 1. The molecule has 1 aliphatic rings. The van der Waals surface area contributed by atoms with E-state index in [1.165, 1.54) is 7.11 Å². The Morgan fingerprint density at radius 1 is 1.30 bits per heavy atom. The van der Waals surface area contributed by atoms with Crippen molar-refractivity contribution >= 4 is 23.4 Å². The van der Waals surface area contributed by atoms with Crippen LogP contribution in [-0.2, 0) is 14.3 Å². The number of halogens is 1. The van der Waals surface area contributed by atoms with Crippen molar-refractivity contribution in [3.05, 3.63) is 86.7 Å². The molecule has 1 atom stereocenters. The fourth-order valence-electron chi connectivity index (χ4n) is 2.94. The second-order valence-electron chi connectivity index (χ2n) is 6.13. The summed E-state index contributed by atoms with van der Waals surface area (Å²) in [4.78, 5) is 24.4. The molecule has 1 unspecified atom stereocenters. The predicted octanol–water partition coefficient (Wildman–Crippen LogP) is 3.58. The summed E-state index contributed by atoms with van der Waals surface area (Å²) in [6.07, 6.45) is 1.65. The number of nitrogens with zero attached hydrogens (tertiary/aromatic N) is 5. The number of carbonyl (C=O) groups is 1. The molecule has 0 radical (unpaired) electrons. The minimum absolute atomic E-state index is 0.0538. The van der Waals surface area contributed by atoms with E-state index in [2.05, 4.69) is 20.3 Å². The molecule has 1 N–H and O–H groups in total. The Balaban J connectivity index is 2.04. The lowest BCUT2D eigenvalue weighted by Crippen LogP contribution is -2.36. The Bertz CT molecular complexity index is 1020. The molecule has 10 heteroatoms. The summed E-state index contributed by atoms with van der Waals surface area (Å²) in [7, 11) is 1.30. The molecule has 0 spiro atoms. The molecule has 3 rings (SSSR count). The first-order valence-electron chi connectivity index (χ1n) is 9.06. The SMILES string of the molecule is COC(=O)C1=C(COCCN=[N+]=[N-])NC(c2ccccn2)=NC1c1ccccc1Cl. The predicted molar refractivity (Wildman–Crippen MR) is 112 cm³/mol. The van der Waals surface area contributed by atoms with Gasteiger partial charge in [0.25, 0.3) is 0 Å². The van der Waals surface area contributed by atoms with E-state index in [-0.39, 0.29) is 25.3 Å².